The maximum absolute atomic E-state index is 10.4. The molecule has 2 N–H and O–H groups in total. The van der Waals surface area contributed by atoms with Crippen LogP contribution in [0, 0.1) is 0 Å². The summed E-state index contributed by atoms with van der Waals surface area (Å²) in [6.45, 7) is 3.14. The largest absolute Gasteiger partial charge is 0.447 e. The smallest absolute Gasteiger partial charge is 0.406 e. The molecule has 0 spiro atoms. The van der Waals surface area contributed by atoms with Gasteiger partial charge in [0.15, 0.2) is 0 Å². The Morgan fingerprint density at radius 2 is 2.20 bits per heavy atom. The van der Waals surface area contributed by atoms with Crippen LogP contribution >= 0.6 is 0 Å². The standard InChI is InChI=1S/C6H13NO3/c1-6(2,9)4-10-5(8)7-3/h9H,4H2,1-3H3,(H,7,8). The van der Waals surface area contributed by atoms with E-state index in [2.05, 4.69) is 10.1 Å². The number of hydrogen-bond acceptors (Lipinski definition) is 3. The van der Waals surface area contributed by atoms with Crippen molar-refractivity contribution in [2.24, 2.45) is 0 Å². The molecule has 0 rings (SSSR count). The second-order valence-electron chi connectivity index (χ2n) is 2.64. The first-order valence-electron chi connectivity index (χ1n) is 3.02. The van der Waals surface area contributed by atoms with Crippen LogP contribution in [0.15, 0.2) is 0 Å². The van der Waals surface area contributed by atoms with Crippen LogP contribution in [0.25, 0.3) is 0 Å². The Morgan fingerprint density at radius 3 is 2.50 bits per heavy atom. The summed E-state index contributed by atoms with van der Waals surface area (Å²) in [4.78, 5) is 10.4. The van der Waals surface area contributed by atoms with Gasteiger partial charge in [0.25, 0.3) is 0 Å². The molecule has 0 bridgehead atoms. The lowest BCUT2D eigenvalue weighted by molar-refractivity contribution is 0.00740. The molecular formula is C6H13NO3. The monoisotopic (exact) mass is 147 g/mol. The van der Waals surface area contributed by atoms with Gasteiger partial charge in [-0.3, -0.25) is 0 Å². The summed E-state index contributed by atoms with van der Waals surface area (Å²) in [6.07, 6.45) is -0.526. The van der Waals surface area contributed by atoms with E-state index < -0.39 is 11.7 Å². The first-order chi connectivity index (χ1) is 4.45. The van der Waals surface area contributed by atoms with E-state index in [0.717, 1.165) is 0 Å². The fourth-order valence-corrected chi connectivity index (χ4v) is 0.314. The van der Waals surface area contributed by atoms with Crippen molar-refractivity contribution >= 4 is 6.09 Å². The van der Waals surface area contributed by atoms with Gasteiger partial charge in [-0.05, 0) is 13.8 Å². The van der Waals surface area contributed by atoms with Crippen molar-refractivity contribution in [3.8, 4) is 0 Å². The lowest BCUT2D eigenvalue weighted by Crippen LogP contribution is -2.31. The third kappa shape index (κ3) is 5.37. The highest BCUT2D eigenvalue weighted by Gasteiger charge is 2.14. The Hall–Kier alpha value is -0.770. The second kappa shape index (κ2) is 3.41. The van der Waals surface area contributed by atoms with Crippen molar-refractivity contribution in [3.63, 3.8) is 0 Å². The lowest BCUT2D eigenvalue weighted by atomic mass is 10.2. The average molecular weight is 147 g/mol. The summed E-state index contributed by atoms with van der Waals surface area (Å²) in [6, 6.07) is 0. The van der Waals surface area contributed by atoms with Crippen LogP contribution in [0.1, 0.15) is 13.8 Å². The highest BCUT2D eigenvalue weighted by molar-refractivity contribution is 5.66. The summed E-state index contributed by atoms with van der Waals surface area (Å²) in [5.41, 5.74) is -0.952. The molecule has 60 valence electrons. The lowest BCUT2D eigenvalue weighted by Gasteiger charge is -2.16. The van der Waals surface area contributed by atoms with Crippen molar-refractivity contribution in [2.75, 3.05) is 13.7 Å². The molecule has 0 fully saturated rings. The van der Waals surface area contributed by atoms with Crippen molar-refractivity contribution in [1.82, 2.24) is 5.32 Å². The van der Waals surface area contributed by atoms with Gasteiger partial charge in [-0.25, -0.2) is 4.79 Å². The summed E-state index contributed by atoms with van der Waals surface area (Å²) in [5.74, 6) is 0. The third-order valence-corrected chi connectivity index (χ3v) is 0.761. The summed E-state index contributed by atoms with van der Waals surface area (Å²) in [5, 5.41) is 11.3. The molecule has 0 aromatic rings. The first kappa shape index (κ1) is 9.23. The number of carbonyl (C=O) groups is 1. The topological polar surface area (TPSA) is 58.6 Å². The summed E-state index contributed by atoms with van der Waals surface area (Å²) in [7, 11) is 1.46. The number of ether oxygens (including phenoxy) is 1. The first-order valence-corrected chi connectivity index (χ1v) is 3.02. The number of hydrogen-bond donors (Lipinski definition) is 2. The van der Waals surface area contributed by atoms with Gasteiger partial charge in [0, 0.05) is 7.05 Å². The maximum atomic E-state index is 10.4. The molecule has 0 saturated heterocycles. The molecule has 0 heterocycles. The molecule has 0 aromatic heterocycles. The van der Waals surface area contributed by atoms with Crippen LogP contribution in [-0.2, 0) is 4.74 Å². The predicted octanol–water partition coefficient (Wildman–Crippen LogP) is 0.113. The molecule has 0 atom stereocenters. The minimum atomic E-state index is -0.952. The van der Waals surface area contributed by atoms with E-state index in [-0.39, 0.29) is 6.61 Å². The zero-order valence-electron chi connectivity index (χ0n) is 6.47. The highest BCUT2D eigenvalue weighted by atomic mass is 16.6. The predicted molar refractivity (Wildman–Crippen MR) is 36.7 cm³/mol. The van der Waals surface area contributed by atoms with Gasteiger partial charge in [-0.2, -0.15) is 0 Å². The van der Waals surface area contributed by atoms with Gasteiger partial charge in [-0.15, -0.1) is 0 Å². The van der Waals surface area contributed by atoms with Crippen molar-refractivity contribution < 1.29 is 14.6 Å². The molecule has 0 aliphatic rings. The van der Waals surface area contributed by atoms with E-state index in [4.69, 9.17) is 5.11 Å². The molecule has 0 radical (unpaired) electrons. The molecule has 0 aliphatic heterocycles. The number of rotatable bonds is 2. The minimum Gasteiger partial charge on any atom is -0.447 e. The molecular weight excluding hydrogens is 134 g/mol. The molecule has 4 heteroatoms. The number of nitrogens with one attached hydrogen (secondary N) is 1. The number of alkyl carbamates (subject to hydrolysis) is 1. The zero-order chi connectivity index (χ0) is 8.20. The van der Waals surface area contributed by atoms with Crippen molar-refractivity contribution in [1.29, 1.82) is 0 Å². The molecule has 0 saturated carbocycles. The third-order valence-electron chi connectivity index (χ3n) is 0.761. The summed E-state index contributed by atoms with van der Waals surface area (Å²) >= 11 is 0. The fraction of sp³-hybridized carbons (Fsp3) is 0.833. The molecule has 0 aliphatic carbocycles. The number of aliphatic hydroxyl groups is 1. The van der Waals surface area contributed by atoms with E-state index in [9.17, 15) is 4.79 Å². The molecule has 4 nitrogen and oxygen atoms in total. The quantitative estimate of drug-likeness (QED) is 0.583. The van der Waals surface area contributed by atoms with E-state index in [0.29, 0.717) is 0 Å². The summed E-state index contributed by atoms with van der Waals surface area (Å²) < 4.78 is 4.56. The minimum absolute atomic E-state index is 0.00662. The van der Waals surface area contributed by atoms with Crippen LogP contribution in [-0.4, -0.2) is 30.5 Å². The normalized spacial score (nSPS) is 10.8. The van der Waals surface area contributed by atoms with Crippen LogP contribution < -0.4 is 5.32 Å². The van der Waals surface area contributed by atoms with Gasteiger partial charge in [0.05, 0.1) is 5.60 Å². The van der Waals surface area contributed by atoms with Crippen molar-refractivity contribution in [2.45, 2.75) is 19.4 Å². The van der Waals surface area contributed by atoms with E-state index in [1.165, 1.54) is 7.05 Å². The van der Waals surface area contributed by atoms with E-state index in [1.54, 1.807) is 13.8 Å². The maximum Gasteiger partial charge on any atom is 0.406 e. The molecule has 10 heavy (non-hydrogen) atoms. The average Bonchev–Trinajstić information content (AvgIpc) is 1.81. The van der Waals surface area contributed by atoms with Gasteiger partial charge < -0.3 is 15.2 Å². The Balaban J connectivity index is 3.46. The number of carbonyl (C=O) groups excluding carboxylic acids is 1. The van der Waals surface area contributed by atoms with Crippen LogP contribution in [0.2, 0.25) is 0 Å². The Bertz CT molecular complexity index is 117. The number of amides is 1. The fourth-order valence-electron chi connectivity index (χ4n) is 0.314. The Labute approximate surface area is 60.2 Å². The van der Waals surface area contributed by atoms with Gasteiger partial charge >= 0.3 is 6.09 Å². The Kier molecular flexibility index (Phi) is 3.15. The van der Waals surface area contributed by atoms with E-state index in [1.807, 2.05) is 0 Å². The second-order valence-corrected chi connectivity index (χ2v) is 2.64. The Morgan fingerprint density at radius 1 is 1.70 bits per heavy atom. The van der Waals surface area contributed by atoms with Crippen LogP contribution in [0.4, 0.5) is 4.79 Å². The van der Waals surface area contributed by atoms with E-state index >= 15 is 0 Å². The van der Waals surface area contributed by atoms with Gasteiger partial charge in [-0.1, -0.05) is 0 Å². The SMILES string of the molecule is CNC(=O)OCC(C)(C)O. The van der Waals surface area contributed by atoms with Crippen LogP contribution in [0.3, 0.4) is 0 Å². The van der Waals surface area contributed by atoms with Gasteiger partial charge in [0.1, 0.15) is 6.61 Å². The highest BCUT2D eigenvalue weighted by Crippen LogP contribution is 2.00. The molecule has 1 amide bonds. The molecule has 0 unspecified atom stereocenters. The van der Waals surface area contributed by atoms with Gasteiger partial charge in [0.2, 0.25) is 0 Å². The van der Waals surface area contributed by atoms with Crippen LogP contribution in [0.5, 0.6) is 0 Å². The van der Waals surface area contributed by atoms with Crippen molar-refractivity contribution in [3.05, 3.63) is 0 Å². The zero-order valence-corrected chi connectivity index (χ0v) is 6.47. The molecule has 0 aromatic carbocycles.